The zero-order chi connectivity index (χ0) is 14.9. The van der Waals surface area contributed by atoms with Gasteiger partial charge in [-0.15, -0.1) is 11.3 Å². The summed E-state index contributed by atoms with van der Waals surface area (Å²) in [6.45, 7) is 2.35. The third-order valence-corrected chi connectivity index (χ3v) is 4.65. The number of rotatable bonds is 5. The monoisotopic (exact) mass is 315 g/mol. The summed E-state index contributed by atoms with van der Waals surface area (Å²) in [4.78, 5) is 12.4. The highest BCUT2D eigenvalue weighted by Gasteiger charge is 2.15. The number of anilines is 2. The zero-order valence-electron chi connectivity index (χ0n) is 11.5. The Kier molecular flexibility index (Phi) is 4.11. The normalized spacial score (nSPS) is 11.8. The number of fused-ring (bicyclic) bond motifs is 1. The van der Waals surface area contributed by atoms with Crippen LogP contribution in [0.3, 0.4) is 0 Å². The Morgan fingerprint density at radius 1 is 1.45 bits per heavy atom. The Morgan fingerprint density at radius 3 is 2.75 bits per heavy atom. The van der Waals surface area contributed by atoms with Gasteiger partial charge in [0.2, 0.25) is 5.95 Å². The van der Waals surface area contributed by atoms with E-state index >= 15 is 0 Å². The van der Waals surface area contributed by atoms with Gasteiger partial charge in [-0.1, -0.05) is 0 Å². The SMILES string of the molecule is Cc1cc2c(N(C)CCS(C)(=O)=O)nc(NN)nc2s1. The van der Waals surface area contributed by atoms with Crippen molar-refractivity contribution in [1.82, 2.24) is 9.97 Å². The van der Waals surface area contributed by atoms with E-state index in [0.717, 1.165) is 15.1 Å². The van der Waals surface area contributed by atoms with E-state index in [2.05, 4.69) is 15.4 Å². The van der Waals surface area contributed by atoms with Crippen molar-refractivity contribution >= 4 is 43.2 Å². The van der Waals surface area contributed by atoms with Crippen LogP contribution in [0.2, 0.25) is 0 Å². The molecule has 3 N–H and O–H groups in total. The number of aromatic nitrogens is 2. The first-order valence-corrected chi connectivity index (χ1v) is 8.81. The van der Waals surface area contributed by atoms with Crippen LogP contribution >= 0.6 is 11.3 Å². The van der Waals surface area contributed by atoms with Gasteiger partial charge in [-0.3, -0.25) is 5.43 Å². The van der Waals surface area contributed by atoms with Crippen molar-refractivity contribution in [1.29, 1.82) is 0 Å². The minimum absolute atomic E-state index is 0.0729. The van der Waals surface area contributed by atoms with Gasteiger partial charge in [-0.05, 0) is 13.0 Å². The summed E-state index contributed by atoms with van der Waals surface area (Å²) >= 11 is 1.55. The Hall–Kier alpha value is -1.45. The Morgan fingerprint density at radius 2 is 2.15 bits per heavy atom. The average molecular weight is 315 g/mol. The van der Waals surface area contributed by atoms with Crippen LogP contribution in [-0.2, 0) is 9.84 Å². The van der Waals surface area contributed by atoms with Crippen LogP contribution in [0.4, 0.5) is 11.8 Å². The molecule has 0 saturated carbocycles. The number of nitrogens with zero attached hydrogens (tertiary/aromatic N) is 3. The van der Waals surface area contributed by atoms with Gasteiger partial charge in [0.25, 0.3) is 0 Å². The third-order valence-electron chi connectivity index (χ3n) is 2.78. The Balaban J connectivity index is 2.40. The maximum absolute atomic E-state index is 11.3. The second-order valence-electron chi connectivity index (χ2n) is 4.64. The number of nitrogens with one attached hydrogen (secondary N) is 1. The number of thiophene rings is 1. The zero-order valence-corrected chi connectivity index (χ0v) is 13.2. The van der Waals surface area contributed by atoms with E-state index in [1.165, 1.54) is 6.26 Å². The van der Waals surface area contributed by atoms with Crippen molar-refractivity contribution < 1.29 is 8.42 Å². The molecule has 0 aliphatic rings. The van der Waals surface area contributed by atoms with E-state index in [-0.39, 0.29) is 5.75 Å². The minimum atomic E-state index is -3.01. The first-order chi connectivity index (χ1) is 9.30. The van der Waals surface area contributed by atoms with Crippen LogP contribution in [0.1, 0.15) is 4.88 Å². The number of hydrogen-bond acceptors (Lipinski definition) is 8. The molecule has 7 nitrogen and oxygen atoms in total. The fourth-order valence-electron chi connectivity index (χ4n) is 1.79. The maximum Gasteiger partial charge on any atom is 0.240 e. The molecule has 0 bridgehead atoms. The van der Waals surface area contributed by atoms with E-state index in [0.29, 0.717) is 18.3 Å². The molecule has 110 valence electrons. The van der Waals surface area contributed by atoms with Crippen LogP contribution in [0, 0.1) is 6.92 Å². The Bertz CT molecular complexity index is 726. The number of aryl methyl sites for hydroxylation is 1. The summed E-state index contributed by atoms with van der Waals surface area (Å²) in [5.74, 6) is 6.44. The molecule has 2 heterocycles. The summed E-state index contributed by atoms with van der Waals surface area (Å²) in [5.41, 5.74) is 2.44. The van der Waals surface area contributed by atoms with Gasteiger partial charge in [0.15, 0.2) is 0 Å². The molecule has 0 aliphatic carbocycles. The summed E-state index contributed by atoms with van der Waals surface area (Å²) in [6, 6.07) is 1.99. The molecule has 0 unspecified atom stereocenters. The van der Waals surface area contributed by atoms with Gasteiger partial charge in [-0.2, -0.15) is 4.98 Å². The quantitative estimate of drug-likeness (QED) is 0.620. The van der Waals surface area contributed by atoms with Gasteiger partial charge < -0.3 is 4.90 Å². The first-order valence-electron chi connectivity index (χ1n) is 5.94. The van der Waals surface area contributed by atoms with Gasteiger partial charge in [0.05, 0.1) is 11.1 Å². The lowest BCUT2D eigenvalue weighted by atomic mass is 10.3. The largest absolute Gasteiger partial charge is 0.358 e. The molecule has 0 atom stereocenters. The average Bonchev–Trinajstić information content (AvgIpc) is 2.73. The molecule has 2 aromatic rings. The van der Waals surface area contributed by atoms with E-state index in [4.69, 9.17) is 5.84 Å². The molecule has 9 heteroatoms. The second kappa shape index (κ2) is 5.51. The van der Waals surface area contributed by atoms with Crippen molar-refractivity contribution in [3.63, 3.8) is 0 Å². The molecular formula is C11H17N5O2S2. The summed E-state index contributed by atoms with van der Waals surface area (Å²) in [6.07, 6.45) is 1.22. The van der Waals surface area contributed by atoms with Gasteiger partial charge in [0.1, 0.15) is 20.5 Å². The molecule has 20 heavy (non-hydrogen) atoms. The number of nitrogens with two attached hydrogens (primary N) is 1. The maximum atomic E-state index is 11.3. The standard InChI is InChI=1S/C11H17N5O2S2/c1-7-6-8-9(16(2)4-5-20(3,17)18)13-11(15-12)14-10(8)19-7/h6H,4-5,12H2,1-3H3,(H,13,14,15). The number of sulfone groups is 1. The van der Waals surface area contributed by atoms with Crippen LogP contribution in [0.5, 0.6) is 0 Å². The van der Waals surface area contributed by atoms with Crippen LogP contribution < -0.4 is 16.2 Å². The lowest BCUT2D eigenvalue weighted by Gasteiger charge is -2.18. The van der Waals surface area contributed by atoms with Crippen LogP contribution in [0.15, 0.2) is 6.07 Å². The molecular weight excluding hydrogens is 298 g/mol. The lowest BCUT2D eigenvalue weighted by molar-refractivity contribution is 0.601. The predicted octanol–water partition coefficient (Wildman–Crippen LogP) is 0.766. The molecule has 2 aromatic heterocycles. The van der Waals surface area contributed by atoms with Crippen molar-refractivity contribution in [2.24, 2.45) is 5.84 Å². The van der Waals surface area contributed by atoms with Crippen LogP contribution in [0.25, 0.3) is 10.2 Å². The van der Waals surface area contributed by atoms with E-state index < -0.39 is 9.84 Å². The Labute approximate surface area is 121 Å². The van der Waals surface area contributed by atoms with Crippen molar-refractivity contribution in [2.75, 3.05) is 35.9 Å². The topological polar surface area (TPSA) is 101 Å². The first kappa shape index (κ1) is 14.9. The fraction of sp³-hybridized carbons (Fsp3) is 0.455. The van der Waals surface area contributed by atoms with Gasteiger partial charge >= 0.3 is 0 Å². The summed E-state index contributed by atoms with van der Waals surface area (Å²) in [7, 11) is -1.21. The second-order valence-corrected chi connectivity index (χ2v) is 8.14. The molecule has 0 amide bonds. The highest BCUT2D eigenvalue weighted by atomic mass is 32.2. The van der Waals surface area contributed by atoms with Crippen LogP contribution in [-0.4, -0.2) is 44.0 Å². The smallest absolute Gasteiger partial charge is 0.240 e. The van der Waals surface area contributed by atoms with Crippen molar-refractivity contribution in [3.05, 3.63) is 10.9 Å². The molecule has 0 aliphatic heterocycles. The highest BCUT2D eigenvalue weighted by molar-refractivity contribution is 7.90. The number of hydrazine groups is 1. The van der Waals surface area contributed by atoms with Gasteiger partial charge in [-0.25, -0.2) is 19.2 Å². The van der Waals surface area contributed by atoms with E-state index in [1.54, 1.807) is 23.3 Å². The minimum Gasteiger partial charge on any atom is -0.358 e. The molecule has 0 radical (unpaired) electrons. The van der Waals surface area contributed by atoms with E-state index in [9.17, 15) is 8.42 Å². The predicted molar refractivity (Wildman–Crippen MR) is 82.9 cm³/mol. The molecule has 2 rings (SSSR count). The van der Waals surface area contributed by atoms with Gasteiger partial charge in [0, 0.05) is 24.7 Å². The molecule has 0 aromatic carbocycles. The summed E-state index contributed by atoms with van der Waals surface area (Å²) in [5, 5.41) is 0.905. The van der Waals surface area contributed by atoms with Crippen molar-refractivity contribution in [2.45, 2.75) is 6.92 Å². The summed E-state index contributed by atoms with van der Waals surface area (Å²) < 4.78 is 22.5. The number of nitrogen functional groups attached to an aromatic ring is 1. The fourth-order valence-corrected chi connectivity index (χ4v) is 3.27. The lowest BCUT2D eigenvalue weighted by Crippen LogP contribution is -2.26. The van der Waals surface area contributed by atoms with Crippen molar-refractivity contribution in [3.8, 4) is 0 Å². The molecule has 0 spiro atoms. The molecule has 0 fully saturated rings. The molecule has 0 saturated heterocycles. The number of hydrogen-bond donors (Lipinski definition) is 2. The third kappa shape index (κ3) is 3.35. The van der Waals surface area contributed by atoms with E-state index in [1.807, 2.05) is 13.0 Å². The highest BCUT2D eigenvalue weighted by Crippen LogP contribution is 2.31.